The number of hydrogen-bond donors (Lipinski definition) is 1. The predicted molar refractivity (Wildman–Crippen MR) is 103 cm³/mol. The summed E-state index contributed by atoms with van der Waals surface area (Å²) >= 11 is 10.2. The smallest absolute Gasteiger partial charge is 0.124 e. The summed E-state index contributed by atoms with van der Waals surface area (Å²) in [4.78, 5) is 0. The molecular weight excluding hydrogens is 327 g/mol. The molecule has 1 unspecified atom stereocenters. The van der Waals surface area contributed by atoms with Gasteiger partial charge in [-0.3, -0.25) is 0 Å². The van der Waals surface area contributed by atoms with Crippen LogP contribution < -0.4 is 0 Å². The number of hydrogen-bond acceptors (Lipinski definition) is 3. The minimum Gasteiger partial charge on any atom is -0.335 e. The molecule has 1 aliphatic carbocycles. The lowest BCUT2D eigenvalue weighted by molar-refractivity contribution is 0.0628. The van der Waals surface area contributed by atoms with E-state index in [-0.39, 0.29) is 10.9 Å². The molecule has 118 valence electrons. The van der Waals surface area contributed by atoms with Crippen molar-refractivity contribution in [3.8, 4) is 11.6 Å². The molecule has 0 heterocycles. The first-order valence-electron chi connectivity index (χ1n) is 7.54. The predicted octanol–water partition coefficient (Wildman–Crippen LogP) is 5.04. The zero-order chi connectivity index (χ0) is 16.2. The maximum absolute atomic E-state index is 6.18. The molecule has 1 aromatic carbocycles. The summed E-state index contributed by atoms with van der Waals surface area (Å²) in [5.41, 5.74) is 5.08. The Morgan fingerprint density at radius 2 is 2.14 bits per heavy atom. The van der Waals surface area contributed by atoms with Gasteiger partial charge < -0.3 is 4.52 Å². The van der Waals surface area contributed by atoms with Crippen LogP contribution in [0.2, 0.25) is 0 Å². The van der Waals surface area contributed by atoms with Gasteiger partial charge in [0.1, 0.15) is 6.92 Å². The van der Waals surface area contributed by atoms with Crippen molar-refractivity contribution in [2.75, 3.05) is 0 Å². The van der Waals surface area contributed by atoms with E-state index in [0.717, 1.165) is 24.8 Å². The van der Waals surface area contributed by atoms with Crippen LogP contribution in [0.1, 0.15) is 38.7 Å². The Hall–Kier alpha value is -0.520. The zero-order valence-electron chi connectivity index (χ0n) is 13.1. The molecule has 4 atom stereocenters. The molecule has 0 aliphatic heterocycles. The van der Waals surface area contributed by atoms with Crippen molar-refractivity contribution in [1.82, 2.24) is 0 Å². The normalized spacial score (nSPS) is 29.2. The molecule has 0 saturated heterocycles. The minimum atomic E-state index is -1.56. The van der Waals surface area contributed by atoms with E-state index in [1.54, 1.807) is 0 Å². The zero-order valence-corrected chi connectivity index (χ0v) is 15.8. The molecule has 1 saturated carbocycles. The second kappa shape index (κ2) is 7.84. The van der Waals surface area contributed by atoms with E-state index in [0.29, 0.717) is 5.92 Å². The average molecular weight is 350 g/mol. The highest BCUT2D eigenvalue weighted by molar-refractivity contribution is 8.05. The van der Waals surface area contributed by atoms with Crippen LogP contribution in [0.5, 0.6) is 0 Å². The number of rotatable bonds is 3. The van der Waals surface area contributed by atoms with Crippen molar-refractivity contribution in [3.05, 3.63) is 48.0 Å². The highest BCUT2D eigenvalue weighted by atomic mass is 32.4. The van der Waals surface area contributed by atoms with E-state index in [1.807, 2.05) is 30.3 Å². The van der Waals surface area contributed by atoms with Gasteiger partial charge in [0, 0.05) is 10.8 Å². The maximum Gasteiger partial charge on any atom is 0.124 e. The molecule has 1 aliphatic rings. The van der Waals surface area contributed by atoms with E-state index in [9.17, 15) is 0 Å². The largest absolute Gasteiger partial charge is 0.335 e. The molecule has 1 fully saturated rings. The molecule has 0 aromatic heterocycles. The molecule has 1 aromatic rings. The third-order valence-corrected chi connectivity index (χ3v) is 6.60. The fourth-order valence-corrected chi connectivity index (χ4v) is 4.94. The molecule has 0 spiro atoms. The Kier molecular flexibility index (Phi) is 6.36. The van der Waals surface area contributed by atoms with Gasteiger partial charge in [0.05, 0.1) is 5.60 Å². The van der Waals surface area contributed by atoms with Gasteiger partial charge in [0.25, 0.3) is 0 Å². The Balaban J connectivity index is 1.99. The fourth-order valence-electron chi connectivity index (χ4n) is 2.71. The lowest BCUT2D eigenvalue weighted by Crippen LogP contribution is -2.42. The van der Waals surface area contributed by atoms with E-state index in [1.165, 1.54) is 5.57 Å². The van der Waals surface area contributed by atoms with Gasteiger partial charge in [-0.2, -0.15) is 12.6 Å². The summed E-state index contributed by atoms with van der Waals surface area (Å²) in [6, 6.07) is 9.90. The summed E-state index contributed by atoms with van der Waals surface area (Å²) in [7, 11) is 0. The van der Waals surface area contributed by atoms with Crippen molar-refractivity contribution < 1.29 is 4.52 Å². The Bertz CT molecular complexity index is 617. The quantitative estimate of drug-likeness (QED) is 0.354. The van der Waals surface area contributed by atoms with Gasteiger partial charge in [-0.05, 0) is 56.8 Å². The first-order chi connectivity index (χ1) is 10.4. The van der Waals surface area contributed by atoms with E-state index >= 15 is 0 Å². The van der Waals surface area contributed by atoms with Gasteiger partial charge in [-0.15, -0.1) is 0 Å². The molecular formula is C18H23OPS2. The summed E-state index contributed by atoms with van der Waals surface area (Å²) in [6.45, 7) is 6.74. The topological polar surface area (TPSA) is 9.23 Å². The fraction of sp³-hybridized carbons (Fsp3) is 0.444. The van der Waals surface area contributed by atoms with Crippen LogP contribution in [-0.2, 0) is 16.3 Å². The van der Waals surface area contributed by atoms with Crippen LogP contribution in [0.3, 0.4) is 0 Å². The lowest BCUT2D eigenvalue weighted by Gasteiger charge is -2.42. The summed E-state index contributed by atoms with van der Waals surface area (Å²) in [5, 5.41) is 0.185. The Morgan fingerprint density at radius 3 is 2.73 bits per heavy atom. The van der Waals surface area contributed by atoms with Crippen LogP contribution in [-0.4, -0.2) is 10.9 Å². The van der Waals surface area contributed by atoms with Crippen LogP contribution in [0.25, 0.3) is 0 Å². The molecule has 0 bridgehead atoms. The Morgan fingerprint density at radius 1 is 1.45 bits per heavy atom. The summed E-state index contributed by atoms with van der Waals surface area (Å²) < 4.78 is 6.18. The third-order valence-electron chi connectivity index (χ3n) is 4.31. The van der Waals surface area contributed by atoms with Crippen molar-refractivity contribution in [3.63, 3.8) is 0 Å². The van der Waals surface area contributed by atoms with Gasteiger partial charge in [0.15, 0.2) is 0 Å². The molecule has 0 N–H and O–H groups in total. The molecule has 4 heteroatoms. The molecule has 0 amide bonds. The van der Waals surface area contributed by atoms with Crippen LogP contribution in [0, 0.1) is 17.5 Å². The van der Waals surface area contributed by atoms with Gasteiger partial charge in [-0.25, -0.2) is 0 Å². The highest BCUT2D eigenvalue weighted by Crippen LogP contribution is 2.44. The second-order valence-corrected chi connectivity index (χ2v) is 8.92. The van der Waals surface area contributed by atoms with E-state index < -0.39 is 6.92 Å². The standard InChI is InChI=1S/C18H23OPS2/c1-14(2)16-9-11-18(3,17(21)13-16)19-20(22)12-10-15-7-5-4-6-8-15/h4-8,16-17,20-21H,1,9,11,13H2,2-3H3/t16-,17+,18+/m1/s1. The SMILES string of the molecule is C=C(C)[C@@H]1CC[C@](C)(O[PH](=S)C#Cc2ccccc2)[C@@H](S)C1. The molecule has 1 nitrogen and oxygen atoms in total. The number of benzene rings is 1. The van der Waals surface area contributed by atoms with E-state index in [4.69, 9.17) is 29.0 Å². The lowest BCUT2D eigenvalue weighted by atomic mass is 9.77. The number of thiol groups is 1. The third kappa shape index (κ3) is 4.74. The van der Waals surface area contributed by atoms with Gasteiger partial charge in [-0.1, -0.05) is 48.1 Å². The van der Waals surface area contributed by atoms with Crippen molar-refractivity contribution >= 4 is 31.4 Å². The molecule has 2 rings (SSSR count). The first kappa shape index (κ1) is 17.8. The van der Waals surface area contributed by atoms with Crippen molar-refractivity contribution in [2.24, 2.45) is 5.92 Å². The van der Waals surface area contributed by atoms with Crippen LogP contribution in [0.4, 0.5) is 0 Å². The minimum absolute atomic E-state index is 0.185. The summed E-state index contributed by atoms with van der Waals surface area (Å²) in [6.07, 6.45) is 3.07. The van der Waals surface area contributed by atoms with Crippen LogP contribution in [0.15, 0.2) is 42.5 Å². The second-order valence-electron chi connectivity index (χ2n) is 6.15. The maximum atomic E-state index is 6.18. The van der Waals surface area contributed by atoms with Gasteiger partial charge >= 0.3 is 0 Å². The van der Waals surface area contributed by atoms with Crippen LogP contribution >= 0.6 is 19.6 Å². The van der Waals surface area contributed by atoms with Crippen molar-refractivity contribution in [2.45, 2.75) is 44.0 Å². The van der Waals surface area contributed by atoms with E-state index in [2.05, 4.69) is 32.0 Å². The molecule has 22 heavy (non-hydrogen) atoms. The number of allylic oxidation sites excluding steroid dienone is 1. The first-order valence-corrected chi connectivity index (χ1v) is 10.6. The average Bonchev–Trinajstić information content (AvgIpc) is 2.49. The monoisotopic (exact) mass is 350 g/mol. The Labute approximate surface area is 145 Å². The highest BCUT2D eigenvalue weighted by Gasteiger charge is 2.39. The van der Waals surface area contributed by atoms with Gasteiger partial charge in [0.2, 0.25) is 0 Å². The van der Waals surface area contributed by atoms with Crippen molar-refractivity contribution in [1.29, 1.82) is 0 Å². The molecule has 0 radical (unpaired) electrons. The summed E-state index contributed by atoms with van der Waals surface area (Å²) in [5.74, 6) is 3.67.